The van der Waals surface area contributed by atoms with Crippen LogP contribution in [0.2, 0.25) is 10.0 Å². The lowest BCUT2D eigenvalue weighted by atomic mass is 10.1. The Hall–Kier alpha value is -1.77. The van der Waals surface area contributed by atoms with E-state index in [1.807, 2.05) is 13.0 Å². The van der Waals surface area contributed by atoms with E-state index < -0.39 is 5.97 Å². The molecule has 0 bridgehead atoms. The monoisotopic (exact) mass is 531 g/mol. The summed E-state index contributed by atoms with van der Waals surface area (Å²) in [6.07, 6.45) is 2.42. The highest BCUT2D eigenvalue weighted by atomic mass is 127. The highest BCUT2D eigenvalue weighted by molar-refractivity contribution is 14.1. The predicted molar refractivity (Wildman–Crippen MR) is 119 cm³/mol. The van der Waals surface area contributed by atoms with Gasteiger partial charge in [0.15, 0.2) is 17.2 Å². The van der Waals surface area contributed by atoms with Crippen LogP contribution in [0.15, 0.2) is 41.0 Å². The lowest BCUT2D eigenvalue weighted by Crippen LogP contribution is -2.06. The van der Waals surface area contributed by atoms with Crippen molar-refractivity contribution in [2.24, 2.45) is 4.99 Å². The van der Waals surface area contributed by atoms with Gasteiger partial charge in [-0.3, -0.25) is 0 Å². The van der Waals surface area contributed by atoms with Crippen molar-refractivity contribution < 1.29 is 19.0 Å². The van der Waals surface area contributed by atoms with Crippen LogP contribution in [-0.4, -0.2) is 25.6 Å². The van der Waals surface area contributed by atoms with Gasteiger partial charge in [-0.15, -0.1) is 0 Å². The third kappa shape index (κ3) is 4.61. The molecule has 2 aromatic rings. The molecule has 1 heterocycles. The standard InChI is InChI=1S/C20H16Cl2INO4/c1-3-6-27-18-15(22)7-11(9-17(18)26-2)8-16-20(25)28-19(24-16)13-10-12(23)4-5-14(13)21/h4-5,7-10H,3,6H2,1-2H3/b16-8-. The summed E-state index contributed by atoms with van der Waals surface area (Å²) >= 11 is 14.7. The second kappa shape index (κ2) is 9.15. The summed E-state index contributed by atoms with van der Waals surface area (Å²) in [7, 11) is 1.53. The molecule has 0 spiro atoms. The van der Waals surface area contributed by atoms with Gasteiger partial charge in [-0.1, -0.05) is 30.1 Å². The zero-order valence-corrected chi connectivity index (χ0v) is 18.8. The van der Waals surface area contributed by atoms with Gasteiger partial charge in [-0.05, 0) is 71.0 Å². The third-order valence-electron chi connectivity index (χ3n) is 3.79. The molecule has 0 saturated carbocycles. The third-order valence-corrected chi connectivity index (χ3v) is 5.07. The molecule has 3 rings (SSSR count). The highest BCUT2D eigenvalue weighted by Gasteiger charge is 2.26. The van der Waals surface area contributed by atoms with E-state index in [4.69, 9.17) is 37.4 Å². The molecule has 0 aliphatic carbocycles. The van der Waals surface area contributed by atoms with E-state index in [1.54, 1.807) is 30.3 Å². The molecule has 0 radical (unpaired) electrons. The number of hydrogen-bond donors (Lipinski definition) is 0. The van der Waals surface area contributed by atoms with E-state index in [-0.39, 0.29) is 11.6 Å². The smallest absolute Gasteiger partial charge is 0.363 e. The molecule has 0 saturated heterocycles. The average Bonchev–Trinajstić information content (AvgIpc) is 3.02. The van der Waals surface area contributed by atoms with E-state index >= 15 is 0 Å². The number of rotatable bonds is 6. The minimum atomic E-state index is -0.564. The molecule has 0 unspecified atom stereocenters. The van der Waals surface area contributed by atoms with Crippen LogP contribution in [-0.2, 0) is 9.53 Å². The molecule has 1 aliphatic heterocycles. The number of hydrogen-bond acceptors (Lipinski definition) is 5. The Morgan fingerprint density at radius 3 is 2.71 bits per heavy atom. The van der Waals surface area contributed by atoms with Gasteiger partial charge in [-0.25, -0.2) is 9.79 Å². The van der Waals surface area contributed by atoms with E-state index in [9.17, 15) is 4.79 Å². The summed E-state index contributed by atoms with van der Waals surface area (Å²) in [5.74, 6) is 0.549. The van der Waals surface area contributed by atoms with Gasteiger partial charge in [0.2, 0.25) is 5.90 Å². The summed E-state index contributed by atoms with van der Waals surface area (Å²) in [6, 6.07) is 8.80. The van der Waals surface area contributed by atoms with Crippen LogP contribution in [0.5, 0.6) is 11.5 Å². The molecule has 0 atom stereocenters. The number of carbonyl (C=O) groups excluding carboxylic acids is 1. The number of esters is 1. The van der Waals surface area contributed by atoms with Crippen LogP contribution < -0.4 is 9.47 Å². The van der Waals surface area contributed by atoms with E-state index in [1.165, 1.54) is 7.11 Å². The first-order valence-electron chi connectivity index (χ1n) is 8.41. The maximum atomic E-state index is 12.3. The molecule has 0 N–H and O–H groups in total. The maximum Gasteiger partial charge on any atom is 0.363 e. The zero-order valence-electron chi connectivity index (χ0n) is 15.1. The Labute approximate surface area is 186 Å². The second-order valence-electron chi connectivity index (χ2n) is 5.84. The molecule has 1 aliphatic rings. The Morgan fingerprint density at radius 1 is 1.21 bits per heavy atom. The van der Waals surface area contributed by atoms with Crippen molar-refractivity contribution in [2.45, 2.75) is 13.3 Å². The number of benzene rings is 2. The molecule has 0 amide bonds. The van der Waals surface area contributed by atoms with Crippen LogP contribution >= 0.6 is 45.8 Å². The largest absolute Gasteiger partial charge is 0.493 e. The molecule has 28 heavy (non-hydrogen) atoms. The molecule has 0 aromatic heterocycles. The van der Waals surface area contributed by atoms with Crippen molar-refractivity contribution in [3.8, 4) is 11.5 Å². The lowest BCUT2D eigenvalue weighted by Gasteiger charge is -2.12. The molecule has 8 heteroatoms. The molecule has 5 nitrogen and oxygen atoms in total. The van der Waals surface area contributed by atoms with Crippen molar-refractivity contribution in [1.29, 1.82) is 0 Å². The first kappa shape index (κ1) is 21.0. The van der Waals surface area contributed by atoms with Crippen LogP contribution in [0.3, 0.4) is 0 Å². The van der Waals surface area contributed by atoms with Crippen molar-refractivity contribution in [2.75, 3.05) is 13.7 Å². The molecule has 0 fully saturated rings. The van der Waals surface area contributed by atoms with Crippen LogP contribution in [0.4, 0.5) is 0 Å². The van der Waals surface area contributed by atoms with Crippen LogP contribution in [0, 0.1) is 3.57 Å². The van der Waals surface area contributed by atoms with Gasteiger partial charge in [0.05, 0.1) is 29.3 Å². The Kier molecular flexibility index (Phi) is 6.85. The van der Waals surface area contributed by atoms with E-state index in [0.717, 1.165) is 9.99 Å². The number of carbonyl (C=O) groups is 1. The number of nitrogens with zero attached hydrogens (tertiary/aromatic N) is 1. The number of ether oxygens (including phenoxy) is 3. The summed E-state index contributed by atoms with van der Waals surface area (Å²) in [5, 5.41) is 0.839. The molecular weight excluding hydrogens is 516 g/mol. The zero-order chi connectivity index (χ0) is 20.3. The van der Waals surface area contributed by atoms with Gasteiger partial charge in [0, 0.05) is 3.57 Å². The molecular formula is C20H16Cl2INO4. The highest BCUT2D eigenvalue weighted by Crippen LogP contribution is 2.37. The Morgan fingerprint density at radius 2 is 2.00 bits per heavy atom. The van der Waals surface area contributed by atoms with Crippen molar-refractivity contribution >= 4 is 63.7 Å². The molecule has 146 valence electrons. The Bertz CT molecular complexity index is 988. The first-order chi connectivity index (χ1) is 13.4. The normalized spacial score (nSPS) is 14.8. The lowest BCUT2D eigenvalue weighted by molar-refractivity contribution is -0.129. The second-order valence-corrected chi connectivity index (χ2v) is 7.90. The number of methoxy groups -OCH3 is 1. The van der Waals surface area contributed by atoms with Gasteiger partial charge < -0.3 is 14.2 Å². The van der Waals surface area contributed by atoms with Crippen molar-refractivity contribution in [3.05, 3.63) is 60.8 Å². The topological polar surface area (TPSA) is 57.1 Å². The minimum Gasteiger partial charge on any atom is -0.493 e. The van der Waals surface area contributed by atoms with Crippen LogP contribution in [0.25, 0.3) is 6.08 Å². The van der Waals surface area contributed by atoms with E-state index in [0.29, 0.717) is 39.3 Å². The fourth-order valence-corrected chi connectivity index (χ4v) is 3.47. The predicted octanol–water partition coefficient (Wildman–Crippen LogP) is 5.74. The maximum absolute atomic E-state index is 12.3. The first-order valence-corrected chi connectivity index (χ1v) is 10.2. The van der Waals surface area contributed by atoms with Crippen molar-refractivity contribution in [1.82, 2.24) is 0 Å². The SMILES string of the molecule is CCCOc1c(Cl)cc(/C=C2\N=C(c3cc(I)ccc3Cl)OC2=O)cc1OC. The molecule has 2 aromatic carbocycles. The van der Waals surface area contributed by atoms with Crippen LogP contribution in [0.1, 0.15) is 24.5 Å². The number of aliphatic imine (C=N–C) groups is 1. The summed E-state index contributed by atoms with van der Waals surface area (Å²) < 4.78 is 17.3. The van der Waals surface area contributed by atoms with Gasteiger partial charge in [0.25, 0.3) is 0 Å². The number of cyclic esters (lactones) is 1. The Balaban J connectivity index is 1.97. The summed E-state index contributed by atoms with van der Waals surface area (Å²) in [6.45, 7) is 2.52. The fourth-order valence-electron chi connectivity index (χ4n) is 2.51. The minimum absolute atomic E-state index is 0.144. The van der Waals surface area contributed by atoms with Gasteiger partial charge in [0.1, 0.15) is 0 Å². The summed E-state index contributed by atoms with van der Waals surface area (Å²) in [4.78, 5) is 16.6. The summed E-state index contributed by atoms with van der Waals surface area (Å²) in [5.41, 5.74) is 1.34. The van der Waals surface area contributed by atoms with Gasteiger partial charge in [-0.2, -0.15) is 0 Å². The average molecular weight is 532 g/mol. The quantitative estimate of drug-likeness (QED) is 0.271. The van der Waals surface area contributed by atoms with Gasteiger partial charge >= 0.3 is 5.97 Å². The van der Waals surface area contributed by atoms with Crippen molar-refractivity contribution in [3.63, 3.8) is 0 Å². The fraction of sp³-hybridized carbons (Fsp3) is 0.200. The number of halogens is 3. The van der Waals surface area contributed by atoms with E-state index in [2.05, 4.69) is 27.6 Å².